The van der Waals surface area contributed by atoms with Crippen molar-refractivity contribution in [2.45, 2.75) is 27.7 Å². The summed E-state index contributed by atoms with van der Waals surface area (Å²) in [4.78, 5) is 4.26. The fraction of sp³-hybridized carbons (Fsp3) is 0.500. The maximum atomic E-state index is 4.01. The molecule has 0 saturated carbocycles. The molecule has 0 spiro atoms. The molecule has 2 heteroatoms. The molecule has 0 rings (SSSR count). The minimum atomic E-state index is 0.933. The van der Waals surface area contributed by atoms with Gasteiger partial charge in [-0.3, -0.25) is 0 Å². The van der Waals surface area contributed by atoms with E-state index in [-0.39, 0.29) is 0 Å². The van der Waals surface area contributed by atoms with Gasteiger partial charge in [-0.1, -0.05) is 45.2 Å². The third-order valence-electron chi connectivity index (χ3n) is 2.47. The SMILES string of the molecule is C=C(C)/C=C\C(=C)N(C)CCN(C)C(=C)C.CC. The topological polar surface area (TPSA) is 6.48 Å². The molecule has 0 aliphatic heterocycles. The van der Waals surface area contributed by atoms with Crippen LogP contribution in [-0.4, -0.2) is 37.0 Å². The number of hydrogen-bond acceptors (Lipinski definition) is 2. The van der Waals surface area contributed by atoms with E-state index in [9.17, 15) is 0 Å². The zero-order valence-corrected chi connectivity index (χ0v) is 13.1. The van der Waals surface area contributed by atoms with Gasteiger partial charge in [-0.25, -0.2) is 0 Å². The molecule has 0 aromatic heterocycles. The van der Waals surface area contributed by atoms with Crippen LogP contribution < -0.4 is 0 Å². The maximum Gasteiger partial charge on any atom is 0.0350 e. The summed E-state index contributed by atoms with van der Waals surface area (Å²) < 4.78 is 0. The number of hydrogen-bond donors (Lipinski definition) is 0. The number of allylic oxidation sites excluding steroid dienone is 4. The molecule has 0 fully saturated rings. The molecule has 0 radical (unpaired) electrons. The summed E-state index contributed by atoms with van der Waals surface area (Å²) in [6, 6.07) is 0. The van der Waals surface area contributed by atoms with Crippen LogP contribution in [0.3, 0.4) is 0 Å². The zero-order valence-electron chi connectivity index (χ0n) is 13.1. The number of likely N-dealkylation sites (N-methyl/N-ethyl adjacent to an activating group) is 2. The first-order valence-electron chi connectivity index (χ1n) is 6.45. The molecule has 0 atom stereocenters. The van der Waals surface area contributed by atoms with Gasteiger partial charge in [0.1, 0.15) is 0 Å². The lowest BCUT2D eigenvalue weighted by Gasteiger charge is -2.25. The van der Waals surface area contributed by atoms with Gasteiger partial charge in [-0.2, -0.15) is 0 Å². The molecule has 0 amide bonds. The van der Waals surface area contributed by atoms with Crippen molar-refractivity contribution >= 4 is 0 Å². The highest BCUT2D eigenvalue weighted by molar-refractivity contribution is 5.21. The molecule has 0 heterocycles. The number of rotatable bonds is 7. The third-order valence-corrected chi connectivity index (χ3v) is 2.47. The quantitative estimate of drug-likeness (QED) is 0.629. The van der Waals surface area contributed by atoms with Crippen LogP contribution >= 0.6 is 0 Å². The van der Waals surface area contributed by atoms with Crippen molar-refractivity contribution in [2.75, 3.05) is 27.2 Å². The smallest absolute Gasteiger partial charge is 0.0350 e. The fourth-order valence-electron chi connectivity index (χ4n) is 1.00. The highest BCUT2D eigenvalue weighted by Crippen LogP contribution is 2.03. The van der Waals surface area contributed by atoms with Gasteiger partial charge in [0.05, 0.1) is 0 Å². The zero-order chi connectivity index (χ0) is 14.7. The van der Waals surface area contributed by atoms with Gasteiger partial charge >= 0.3 is 0 Å². The van der Waals surface area contributed by atoms with Crippen LogP contribution in [0, 0.1) is 0 Å². The highest BCUT2D eigenvalue weighted by atomic mass is 15.2. The van der Waals surface area contributed by atoms with E-state index >= 15 is 0 Å². The number of nitrogens with zero attached hydrogens (tertiary/aromatic N) is 2. The predicted octanol–water partition coefficient (Wildman–Crippen LogP) is 4.06. The van der Waals surface area contributed by atoms with E-state index in [0.29, 0.717) is 0 Å². The predicted molar refractivity (Wildman–Crippen MR) is 84.5 cm³/mol. The Bertz CT molecular complexity index is 300. The van der Waals surface area contributed by atoms with Gasteiger partial charge in [-0.15, -0.1) is 0 Å². The lowest BCUT2D eigenvalue weighted by Crippen LogP contribution is -2.28. The third kappa shape index (κ3) is 9.76. The molecule has 0 saturated heterocycles. The second-order valence-electron chi connectivity index (χ2n) is 4.25. The maximum absolute atomic E-state index is 4.01. The van der Waals surface area contributed by atoms with Crippen molar-refractivity contribution in [3.05, 3.63) is 48.9 Å². The molecule has 0 N–H and O–H groups in total. The van der Waals surface area contributed by atoms with Crippen LogP contribution in [0.25, 0.3) is 0 Å². The van der Waals surface area contributed by atoms with Crippen LogP contribution in [0.15, 0.2) is 48.9 Å². The van der Waals surface area contributed by atoms with Crippen LogP contribution in [-0.2, 0) is 0 Å². The van der Waals surface area contributed by atoms with Crippen molar-refractivity contribution in [1.82, 2.24) is 9.80 Å². The first kappa shape index (κ1) is 18.9. The molecule has 0 unspecified atom stereocenters. The molecule has 0 aromatic carbocycles. The average molecular weight is 250 g/mol. The van der Waals surface area contributed by atoms with Gasteiger partial charge in [0, 0.05) is 38.6 Å². The summed E-state index contributed by atoms with van der Waals surface area (Å²) in [5.41, 5.74) is 3.11. The second-order valence-corrected chi connectivity index (χ2v) is 4.25. The minimum absolute atomic E-state index is 0.933. The van der Waals surface area contributed by atoms with Gasteiger partial charge in [0.15, 0.2) is 0 Å². The van der Waals surface area contributed by atoms with Crippen LogP contribution in [0.1, 0.15) is 27.7 Å². The summed E-state index contributed by atoms with van der Waals surface area (Å²) in [5.74, 6) is 0. The van der Waals surface area contributed by atoms with Gasteiger partial charge < -0.3 is 9.80 Å². The van der Waals surface area contributed by atoms with Crippen LogP contribution in [0.2, 0.25) is 0 Å². The first-order valence-corrected chi connectivity index (χ1v) is 6.45. The lowest BCUT2D eigenvalue weighted by molar-refractivity contribution is 0.338. The van der Waals surface area contributed by atoms with E-state index in [4.69, 9.17) is 0 Å². The lowest BCUT2D eigenvalue weighted by atomic mass is 10.3. The summed E-state index contributed by atoms with van der Waals surface area (Å²) in [6.07, 6.45) is 3.96. The van der Waals surface area contributed by atoms with E-state index in [0.717, 1.165) is 30.1 Å². The van der Waals surface area contributed by atoms with E-state index in [1.54, 1.807) is 0 Å². The Hall–Kier alpha value is -1.44. The molecular formula is C16H30N2. The van der Waals surface area contributed by atoms with Crippen LogP contribution in [0.5, 0.6) is 0 Å². The largest absolute Gasteiger partial charge is 0.377 e. The van der Waals surface area contributed by atoms with Crippen molar-refractivity contribution in [3.8, 4) is 0 Å². The van der Waals surface area contributed by atoms with Crippen molar-refractivity contribution < 1.29 is 0 Å². The molecule has 0 aliphatic carbocycles. The second kappa shape index (κ2) is 10.7. The van der Waals surface area contributed by atoms with Crippen molar-refractivity contribution in [3.63, 3.8) is 0 Å². The van der Waals surface area contributed by atoms with Crippen molar-refractivity contribution in [1.29, 1.82) is 0 Å². The van der Waals surface area contributed by atoms with Gasteiger partial charge in [0.2, 0.25) is 0 Å². The summed E-state index contributed by atoms with van der Waals surface area (Å²) in [7, 11) is 4.08. The highest BCUT2D eigenvalue weighted by Gasteiger charge is 2.01. The minimum Gasteiger partial charge on any atom is -0.377 e. The van der Waals surface area contributed by atoms with Gasteiger partial charge in [-0.05, 0) is 19.9 Å². The van der Waals surface area contributed by atoms with E-state index < -0.39 is 0 Å². The summed E-state index contributed by atoms with van der Waals surface area (Å²) in [5, 5.41) is 0. The van der Waals surface area contributed by atoms with Crippen molar-refractivity contribution in [2.24, 2.45) is 0 Å². The molecule has 0 aromatic rings. The molecule has 104 valence electrons. The fourth-order valence-corrected chi connectivity index (χ4v) is 1.00. The summed E-state index contributed by atoms with van der Waals surface area (Å²) in [6.45, 7) is 21.6. The first-order chi connectivity index (χ1) is 8.34. The molecular weight excluding hydrogens is 220 g/mol. The average Bonchev–Trinajstić information content (AvgIpc) is 2.34. The molecule has 0 bridgehead atoms. The van der Waals surface area contributed by atoms with Gasteiger partial charge in [0.25, 0.3) is 0 Å². The molecule has 2 nitrogen and oxygen atoms in total. The Balaban J connectivity index is 0. The Morgan fingerprint density at radius 2 is 1.33 bits per heavy atom. The normalized spacial score (nSPS) is 9.44. The van der Waals surface area contributed by atoms with E-state index in [2.05, 4.69) is 29.5 Å². The van der Waals surface area contributed by atoms with E-state index in [1.807, 2.05) is 53.9 Å². The Labute approximate surface area is 114 Å². The monoisotopic (exact) mass is 250 g/mol. The summed E-state index contributed by atoms with van der Waals surface area (Å²) >= 11 is 0. The van der Waals surface area contributed by atoms with Crippen LogP contribution in [0.4, 0.5) is 0 Å². The Kier molecular flexibility index (Phi) is 11.2. The molecule has 18 heavy (non-hydrogen) atoms. The Morgan fingerprint density at radius 1 is 0.889 bits per heavy atom. The standard InChI is InChI=1S/C14H24N2.C2H6/c1-12(2)8-9-14(5)16(7)11-10-15(6)13(3)4;1-2/h8-9H,1,3,5,10-11H2,2,4,6-7H3;1-2H3/b9-8-;. The molecule has 0 aliphatic rings. The van der Waals surface area contributed by atoms with E-state index in [1.165, 1.54) is 0 Å². The Morgan fingerprint density at radius 3 is 1.72 bits per heavy atom.